The predicted molar refractivity (Wildman–Crippen MR) is 116 cm³/mol. The molecule has 0 saturated heterocycles. The summed E-state index contributed by atoms with van der Waals surface area (Å²) in [5.74, 6) is -0.204. The zero-order valence-electron chi connectivity index (χ0n) is 18.2. The van der Waals surface area contributed by atoms with Gasteiger partial charge in [0.2, 0.25) is 5.91 Å². The molecular weight excluding hydrogens is 402 g/mol. The van der Waals surface area contributed by atoms with E-state index in [4.69, 9.17) is 4.74 Å². The Hall–Kier alpha value is -3.07. The summed E-state index contributed by atoms with van der Waals surface area (Å²) in [7, 11) is 1.33. The van der Waals surface area contributed by atoms with E-state index in [-0.39, 0.29) is 12.3 Å². The number of hydrogen-bond acceptors (Lipinski definition) is 7. The fraction of sp³-hybridized carbons (Fsp3) is 0.381. The Balaban J connectivity index is 1.88. The fourth-order valence-electron chi connectivity index (χ4n) is 3.32. The van der Waals surface area contributed by atoms with Gasteiger partial charge in [-0.3, -0.25) is 4.79 Å². The number of thiophene rings is 1. The Morgan fingerprint density at radius 1 is 1.10 bits per heavy atom. The molecule has 1 N–H and O–H groups in total. The second-order valence-corrected chi connectivity index (χ2v) is 8.44. The Labute approximate surface area is 179 Å². The van der Waals surface area contributed by atoms with Gasteiger partial charge >= 0.3 is 5.97 Å². The molecule has 9 heteroatoms. The van der Waals surface area contributed by atoms with Gasteiger partial charge in [-0.05, 0) is 53.2 Å². The lowest BCUT2D eigenvalue weighted by atomic mass is 10.1. The first-order valence-electron chi connectivity index (χ1n) is 9.48. The van der Waals surface area contributed by atoms with Crippen molar-refractivity contribution in [1.29, 1.82) is 0 Å². The number of aryl methyl sites for hydroxylation is 4. The average Bonchev–Trinajstić information content (AvgIpc) is 3.10. The standard InChI is InChI=1S/C21H25N5O3S/c1-10-8-11(2)23-21(22-10)26-14(5)16(13(4)25-26)9-17(27)24-19-18(20(28)29-7)12(3)15(6)30-19/h8H,9H2,1-7H3,(H,24,27). The molecule has 3 rings (SSSR count). The van der Waals surface area contributed by atoms with E-state index in [1.54, 1.807) is 4.68 Å². The summed E-state index contributed by atoms with van der Waals surface area (Å²) in [5, 5.41) is 7.91. The average molecular weight is 428 g/mol. The van der Waals surface area contributed by atoms with E-state index in [1.807, 2.05) is 47.6 Å². The number of esters is 1. The quantitative estimate of drug-likeness (QED) is 0.625. The van der Waals surface area contributed by atoms with Crippen molar-refractivity contribution in [2.75, 3.05) is 12.4 Å². The van der Waals surface area contributed by atoms with Gasteiger partial charge < -0.3 is 10.1 Å². The summed E-state index contributed by atoms with van der Waals surface area (Å²) < 4.78 is 6.53. The van der Waals surface area contributed by atoms with Crippen molar-refractivity contribution >= 4 is 28.2 Å². The molecule has 0 fully saturated rings. The first-order chi connectivity index (χ1) is 14.1. The van der Waals surface area contributed by atoms with Gasteiger partial charge in [0, 0.05) is 27.5 Å². The van der Waals surface area contributed by atoms with E-state index in [2.05, 4.69) is 20.4 Å². The lowest BCUT2D eigenvalue weighted by Gasteiger charge is -2.07. The van der Waals surface area contributed by atoms with Crippen LogP contribution in [0.2, 0.25) is 0 Å². The van der Waals surface area contributed by atoms with Crippen molar-refractivity contribution in [3.8, 4) is 5.95 Å². The molecule has 158 valence electrons. The van der Waals surface area contributed by atoms with Gasteiger partial charge in [0.25, 0.3) is 5.95 Å². The van der Waals surface area contributed by atoms with Crippen LogP contribution >= 0.6 is 11.3 Å². The molecule has 0 saturated carbocycles. The van der Waals surface area contributed by atoms with Crippen LogP contribution in [0.4, 0.5) is 5.00 Å². The van der Waals surface area contributed by atoms with Crippen molar-refractivity contribution in [2.24, 2.45) is 0 Å². The fourth-order valence-corrected chi connectivity index (χ4v) is 4.39. The maximum absolute atomic E-state index is 12.8. The van der Waals surface area contributed by atoms with Gasteiger partial charge in [-0.15, -0.1) is 11.3 Å². The summed E-state index contributed by atoms with van der Waals surface area (Å²) in [5.41, 5.74) is 5.26. The second kappa shape index (κ2) is 8.35. The largest absolute Gasteiger partial charge is 0.465 e. The maximum Gasteiger partial charge on any atom is 0.341 e. The lowest BCUT2D eigenvalue weighted by Crippen LogP contribution is -2.17. The minimum Gasteiger partial charge on any atom is -0.465 e. The topological polar surface area (TPSA) is 99.0 Å². The SMILES string of the molecule is COC(=O)c1c(NC(=O)Cc2c(C)nn(-c3nc(C)cc(C)n3)c2C)sc(C)c1C. The van der Waals surface area contributed by atoms with Gasteiger partial charge in [-0.25, -0.2) is 19.4 Å². The molecule has 3 aromatic heterocycles. The molecule has 0 atom stereocenters. The van der Waals surface area contributed by atoms with Crippen molar-refractivity contribution in [3.63, 3.8) is 0 Å². The number of hydrogen-bond donors (Lipinski definition) is 1. The minimum atomic E-state index is -0.459. The molecule has 0 unspecified atom stereocenters. The Morgan fingerprint density at radius 3 is 2.33 bits per heavy atom. The van der Waals surface area contributed by atoms with Crippen LogP contribution in [0.1, 0.15) is 49.1 Å². The summed E-state index contributed by atoms with van der Waals surface area (Å²) in [6.45, 7) is 11.3. The number of rotatable bonds is 5. The van der Waals surface area contributed by atoms with Crippen LogP contribution in [-0.4, -0.2) is 38.7 Å². The van der Waals surface area contributed by atoms with Crippen LogP contribution in [-0.2, 0) is 16.0 Å². The maximum atomic E-state index is 12.8. The summed E-state index contributed by atoms with van der Waals surface area (Å²) in [6, 6.07) is 1.90. The van der Waals surface area contributed by atoms with E-state index in [1.165, 1.54) is 18.4 Å². The zero-order valence-corrected chi connectivity index (χ0v) is 19.0. The van der Waals surface area contributed by atoms with Crippen LogP contribution in [0, 0.1) is 41.5 Å². The first-order valence-corrected chi connectivity index (χ1v) is 10.3. The molecule has 0 aliphatic heterocycles. The summed E-state index contributed by atoms with van der Waals surface area (Å²) in [6.07, 6.45) is 0.124. The number of ether oxygens (including phenoxy) is 1. The number of methoxy groups -OCH3 is 1. The number of carbonyl (C=O) groups is 2. The molecule has 0 spiro atoms. The number of aromatic nitrogens is 4. The third-order valence-corrected chi connectivity index (χ3v) is 6.09. The number of nitrogens with one attached hydrogen (secondary N) is 1. The molecule has 0 aliphatic carbocycles. The lowest BCUT2D eigenvalue weighted by molar-refractivity contribution is -0.115. The van der Waals surface area contributed by atoms with Gasteiger partial charge in [-0.2, -0.15) is 5.10 Å². The van der Waals surface area contributed by atoms with E-state index in [0.717, 1.165) is 38.8 Å². The molecule has 8 nitrogen and oxygen atoms in total. The molecule has 30 heavy (non-hydrogen) atoms. The van der Waals surface area contributed by atoms with Gasteiger partial charge in [0.05, 0.1) is 24.8 Å². The van der Waals surface area contributed by atoms with Crippen LogP contribution in [0.25, 0.3) is 5.95 Å². The van der Waals surface area contributed by atoms with Gasteiger partial charge in [-0.1, -0.05) is 0 Å². The first kappa shape index (κ1) is 21.6. The number of nitrogens with zero attached hydrogens (tertiary/aromatic N) is 4. The minimum absolute atomic E-state index is 0.124. The van der Waals surface area contributed by atoms with Gasteiger partial charge in [0.1, 0.15) is 5.00 Å². The van der Waals surface area contributed by atoms with E-state index >= 15 is 0 Å². The summed E-state index contributed by atoms with van der Waals surface area (Å²) in [4.78, 5) is 34.8. The highest BCUT2D eigenvalue weighted by Crippen LogP contribution is 2.33. The molecule has 0 radical (unpaired) electrons. The Kier molecular flexibility index (Phi) is 6.02. The second-order valence-electron chi connectivity index (χ2n) is 7.22. The predicted octanol–water partition coefficient (Wildman–Crippen LogP) is 3.54. The monoisotopic (exact) mass is 427 g/mol. The van der Waals surface area contributed by atoms with Crippen LogP contribution in [0.15, 0.2) is 6.07 Å². The molecule has 0 aliphatic rings. The smallest absolute Gasteiger partial charge is 0.341 e. The molecule has 0 aromatic carbocycles. The van der Waals surface area contributed by atoms with Crippen molar-refractivity contribution in [2.45, 2.75) is 48.0 Å². The molecule has 3 heterocycles. The van der Waals surface area contributed by atoms with Crippen molar-refractivity contribution in [3.05, 3.63) is 50.4 Å². The Morgan fingerprint density at radius 2 is 1.73 bits per heavy atom. The molecule has 1 amide bonds. The van der Waals surface area contributed by atoms with Crippen LogP contribution in [0.5, 0.6) is 0 Å². The van der Waals surface area contributed by atoms with Gasteiger partial charge in [0.15, 0.2) is 0 Å². The van der Waals surface area contributed by atoms with Crippen LogP contribution in [0.3, 0.4) is 0 Å². The number of anilines is 1. The van der Waals surface area contributed by atoms with E-state index in [9.17, 15) is 9.59 Å². The third-order valence-electron chi connectivity index (χ3n) is 4.97. The molecule has 0 bridgehead atoms. The van der Waals surface area contributed by atoms with Crippen molar-refractivity contribution < 1.29 is 14.3 Å². The zero-order chi connectivity index (χ0) is 22.2. The van der Waals surface area contributed by atoms with Crippen molar-refractivity contribution in [1.82, 2.24) is 19.7 Å². The number of carbonyl (C=O) groups excluding carboxylic acids is 2. The normalized spacial score (nSPS) is 10.9. The number of amides is 1. The van der Waals surface area contributed by atoms with Crippen LogP contribution < -0.4 is 5.32 Å². The highest BCUT2D eigenvalue weighted by atomic mass is 32.1. The molecular formula is C21H25N5O3S. The highest BCUT2D eigenvalue weighted by Gasteiger charge is 2.23. The summed E-state index contributed by atoms with van der Waals surface area (Å²) >= 11 is 1.36. The third kappa shape index (κ3) is 4.11. The highest BCUT2D eigenvalue weighted by molar-refractivity contribution is 7.16. The van der Waals surface area contributed by atoms with E-state index in [0.29, 0.717) is 16.5 Å². The Bertz CT molecular complexity index is 1130. The molecule has 3 aromatic rings. The van der Waals surface area contributed by atoms with E-state index < -0.39 is 5.97 Å².